The van der Waals surface area contributed by atoms with Crippen molar-refractivity contribution >= 4 is 17.7 Å². The molecule has 1 aromatic carbocycles. The van der Waals surface area contributed by atoms with E-state index in [0.717, 1.165) is 0 Å². The van der Waals surface area contributed by atoms with Gasteiger partial charge in [-0.3, -0.25) is 0 Å². The van der Waals surface area contributed by atoms with Gasteiger partial charge in [-0.15, -0.1) is 0 Å². The maximum atomic E-state index is 10.8. The molecule has 1 unspecified atom stereocenters. The van der Waals surface area contributed by atoms with E-state index in [-0.39, 0.29) is 12.0 Å². The highest BCUT2D eigenvalue weighted by Crippen LogP contribution is 2.50. The third-order valence-corrected chi connectivity index (χ3v) is 3.82. The lowest BCUT2D eigenvalue weighted by Crippen LogP contribution is -2.30. The van der Waals surface area contributed by atoms with Crippen LogP contribution in [0.1, 0.15) is 25.3 Å². The number of halogens is 1. The van der Waals surface area contributed by atoms with Gasteiger partial charge in [0.25, 0.3) is 0 Å². The lowest BCUT2D eigenvalue weighted by Gasteiger charge is -2.28. The first-order chi connectivity index (χ1) is 8.49. The van der Waals surface area contributed by atoms with Gasteiger partial charge < -0.3 is 15.6 Å². The number of carbonyl (C=O) groups excluding carboxylic acids is 1. The Kier molecular flexibility index (Phi) is 3.50. The highest BCUT2D eigenvalue weighted by molar-refractivity contribution is 6.31. The SMILES string of the molecule is CC[C@@](O)(c1ccccc1Cl)[C@H]1CC1OC(N)=O. The minimum atomic E-state index is -1.07. The maximum Gasteiger partial charge on any atom is 0.404 e. The number of hydrogen-bond acceptors (Lipinski definition) is 3. The Balaban J connectivity index is 2.23. The summed E-state index contributed by atoms with van der Waals surface area (Å²) in [5, 5.41) is 11.3. The molecule has 0 aliphatic heterocycles. The minimum Gasteiger partial charge on any atom is -0.446 e. The summed E-state index contributed by atoms with van der Waals surface area (Å²) in [6.45, 7) is 1.88. The van der Waals surface area contributed by atoms with Gasteiger partial charge in [-0.25, -0.2) is 4.79 Å². The van der Waals surface area contributed by atoms with Crippen LogP contribution in [0, 0.1) is 5.92 Å². The van der Waals surface area contributed by atoms with Crippen molar-refractivity contribution in [3.05, 3.63) is 34.9 Å². The molecule has 1 aliphatic carbocycles. The van der Waals surface area contributed by atoms with E-state index < -0.39 is 11.7 Å². The van der Waals surface area contributed by atoms with Gasteiger partial charge in [0, 0.05) is 16.5 Å². The molecule has 4 nitrogen and oxygen atoms in total. The van der Waals surface area contributed by atoms with E-state index in [0.29, 0.717) is 23.4 Å². The Labute approximate surface area is 111 Å². The fraction of sp³-hybridized carbons (Fsp3) is 0.462. The Hall–Kier alpha value is -1.26. The topological polar surface area (TPSA) is 72.6 Å². The lowest BCUT2D eigenvalue weighted by molar-refractivity contribution is -0.00683. The lowest BCUT2D eigenvalue weighted by atomic mass is 9.86. The summed E-state index contributed by atoms with van der Waals surface area (Å²) in [7, 11) is 0. The second-order valence-electron chi connectivity index (χ2n) is 4.58. The number of amides is 1. The molecule has 1 aliphatic rings. The average molecular weight is 270 g/mol. The highest BCUT2D eigenvalue weighted by Gasteiger charge is 2.54. The fourth-order valence-corrected chi connectivity index (χ4v) is 2.72. The average Bonchev–Trinajstić information content (AvgIpc) is 3.07. The van der Waals surface area contributed by atoms with Crippen LogP contribution in [0.4, 0.5) is 4.79 Å². The number of hydrogen-bond donors (Lipinski definition) is 2. The van der Waals surface area contributed by atoms with E-state index in [2.05, 4.69) is 0 Å². The second-order valence-corrected chi connectivity index (χ2v) is 4.98. The van der Waals surface area contributed by atoms with Gasteiger partial charge in [0.15, 0.2) is 0 Å². The van der Waals surface area contributed by atoms with Gasteiger partial charge in [0.05, 0.1) is 5.60 Å². The number of ether oxygens (including phenoxy) is 1. The molecule has 3 N–H and O–H groups in total. The largest absolute Gasteiger partial charge is 0.446 e. The van der Waals surface area contributed by atoms with Crippen molar-refractivity contribution in [3.63, 3.8) is 0 Å². The fourth-order valence-electron chi connectivity index (χ4n) is 2.42. The number of nitrogens with two attached hydrogens (primary N) is 1. The van der Waals surface area contributed by atoms with Crippen LogP contribution in [0.15, 0.2) is 24.3 Å². The molecule has 1 fully saturated rings. The Morgan fingerprint density at radius 2 is 2.28 bits per heavy atom. The number of aliphatic hydroxyl groups is 1. The molecule has 0 heterocycles. The Morgan fingerprint density at radius 1 is 1.61 bits per heavy atom. The summed E-state index contributed by atoms with van der Waals surface area (Å²) >= 11 is 6.12. The monoisotopic (exact) mass is 269 g/mol. The molecule has 1 saturated carbocycles. The van der Waals surface area contributed by atoms with Crippen LogP contribution in [0.5, 0.6) is 0 Å². The predicted molar refractivity (Wildman–Crippen MR) is 68.2 cm³/mol. The van der Waals surface area contributed by atoms with Crippen LogP contribution >= 0.6 is 11.6 Å². The molecular formula is C13H16ClNO3. The van der Waals surface area contributed by atoms with E-state index in [1.165, 1.54) is 0 Å². The maximum absolute atomic E-state index is 10.8. The third-order valence-electron chi connectivity index (χ3n) is 3.49. The van der Waals surface area contributed by atoms with Crippen molar-refractivity contribution in [2.75, 3.05) is 0 Å². The van der Waals surface area contributed by atoms with Crippen molar-refractivity contribution in [1.82, 2.24) is 0 Å². The molecule has 98 valence electrons. The van der Waals surface area contributed by atoms with E-state index in [9.17, 15) is 9.90 Å². The van der Waals surface area contributed by atoms with E-state index >= 15 is 0 Å². The summed E-state index contributed by atoms with van der Waals surface area (Å²) < 4.78 is 4.92. The van der Waals surface area contributed by atoms with Crippen molar-refractivity contribution < 1.29 is 14.6 Å². The zero-order valence-corrected chi connectivity index (χ0v) is 10.9. The molecule has 1 aromatic rings. The van der Waals surface area contributed by atoms with Crippen LogP contribution in [0.3, 0.4) is 0 Å². The van der Waals surface area contributed by atoms with Crippen molar-refractivity contribution in [3.8, 4) is 0 Å². The minimum absolute atomic E-state index is 0.144. The van der Waals surface area contributed by atoms with Gasteiger partial charge in [-0.1, -0.05) is 36.7 Å². The van der Waals surface area contributed by atoms with Crippen molar-refractivity contribution in [2.45, 2.75) is 31.5 Å². The first-order valence-corrected chi connectivity index (χ1v) is 6.30. The van der Waals surface area contributed by atoms with E-state index in [1.54, 1.807) is 12.1 Å². The highest BCUT2D eigenvalue weighted by atomic mass is 35.5. The molecule has 0 bridgehead atoms. The van der Waals surface area contributed by atoms with Gasteiger partial charge in [-0.2, -0.15) is 0 Å². The van der Waals surface area contributed by atoms with Gasteiger partial charge in [0.2, 0.25) is 0 Å². The second kappa shape index (κ2) is 4.78. The molecule has 0 spiro atoms. The van der Waals surface area contributed by atoms with Crippen LogP contribution < -0.4 is 5.73 Å². The van der Waals surface area contributed by atoms with Crippen LogP contribution in [0.25, 0.3) is 0 Å². The summed E-state index contributed by atoms with van der Waals surface area (Å²) in [5.74, 6) is -0.144. The molecule has 0 saturated heterocycles. The molecule has 1 amide bonds. The first-order valence-electron chi connectivity index (χ1n) is 5.92. The molecule has 5 heteroatoms. The van der Waals surface area contributed by atoms with Crippen LogP contribution in [-0.2, 0) is 10.3 Å². The third kappa shape index (κ3) is 2.31. The Morgan fingerprint density at radius 3 is 2.83 bits per heavy atom. The number of benzene rings is 1. The molecular weight excluding hydrogens is 254 g/mol. The van der Waals surface area contributed by atoms with Gasteiger partial charge >= 0.3 is 6.09 Å². The van der Waals surface area contributed by atoms with E-state index in [1.807, 2.05) is 19.1 Å². The number of carbonyl (C=O) groups is 1. The summed E-state index contributed by atoms with van der Waals surface area (Å²) in [6.07, 6.45) is -0.0118. The molecule has 3 atom stereocenters. The van der Waals surface area contributed by atoms with Gasteiger partial charge in [-0.05, 0) is 18.9 Å². The summed E-state index contributed by atoms with van der Waals surface area (Å²) in [4.78, 5) is 10.7. The smallest absolute Gasteiger partial charge is 0.404 e. The quantitative estimate of drug-likeness (QED) is 0.882. The van der Waals surface area contributed by atoms with Crippen molar-refractivity contribution in [2.24, 2.45) is 11.7 Å². The molecule has 0 radical (unpaired) electrons. The Bertz CT molecular complexity index is 465. The van der Waals surface area contributed by atoms with Crippen molar-refractivity contribution in [1.29, 1.82) is 0 Å². The van der Waals surface area contributed by atoms with E-state index in [4.69, 9.17) is 22.1 Å². The number of primary amides is 1. The standard InChI is InChI=1S/C13H16ClNO3/c1-2-13(17,8-5-3-4-6-10(8)14)9-7-11(9)18-12(15)16/h3-6,9,11,17H,2,7H2,1H3,(H2,15,16)/t9-,11?,13+/m0/s1. The van der Waals surface area contributed by atoms with Crippen LogP contribution in [-0.4, -0.2) is 17.3 Å². The predicted octanol–water partition coefficient (Wildman–Crippen LogP) is 2.42. The van der Waals surface area contributed by atoms with Crippen LogP contribution in [0.2, 0.25) is 5.02 Å². The normalized spacial score (nSPS) is 25.3. The summed E-state index contributed by atoms with van der Waals surface area (Å²) in [6, 6.07) is 7.18. The molecule has 2 rings (SSSR count). The molecule has 0 aromatic heterocycles. The zero-order chi connectivity index (χ0) is 13.3. The summed E-state index contributed by atoms with van der Waals surface area (Å²) in [5.41, 5.74) is 4.58. The van der Waals surface area contributed by atoms with Gasteiger partial charge in [0.1, 0.15) is 6.10 Å². The first kappa shape index (κ1) is 13.2. The molecule has 18 heavy (non-hydrogen) atoms. The zero-order valence-electron chi connectivity index (χ0n) is 10.1. The number of rotatable bonds is 4.